The zero-order chi connectivity index (χ0) is 26.3. The lowest BCUT2D eigenvalue weighted by molar-refractivity contribution is -0.271. The number of halogens is 6. The third kappa shape index (κ3) is 4.57. The molecule has 2 aromatic carbocycles. The van der Waals surface area contributed by atoms with Gasteiger partial charge in [0.25, 0.3) is 11.5 Å². The average Bonchev–Trinajstić information content (AvgIpc) is 2.81. The minimum atomic E-state index is -5.12. The van der Waals surface area contributed by atoms with Crippen molar-refractivity contribution < 1.29 is 31.9 Å². The number of ether oxygens (including phenoxy) is 1. The summed E-state index contributed by atoms with van der Waals surface area (Å²) in [5, 5.41) is 2.60. The fourth-order valence-electron chi connectivity index (χ4n) is 5.48. The fourth-order valence-corrected chi connectivity index (χ4v) is 6.03. The molecule has 0 aliphatic carbocycles. The maximum Gasteiger partial charge on any atom is 0.431 e. The van der Waals surface area contributed by atoms with E-state index in [1.165, 1.54) is 18.2 Å². The van der Waals surface area contributed by atoms with Gasteiger partial charge in [-0.15, -0.1) is 0 Å². The first kappa shape index (κ1) is 26.7. The van der Waals surface area contributed by atoms with Gasteiger partial charge in [-0.25, -0.2) is 4.39 Å². The largest absolute Gasteiger partial charge is 0.431 e. The van der Waals surface area contributed by atoms with Crippen LogP contribution in [0.4, 0.5) is 17.6 Å². The third-order valence-electron chi connectivity index (χ3n) is 7.39. The van der Waals surface area contributed by atoms with Crippen LogP contribution in [-0.4, -0.2) is 49.6 Å². The second-order valence-electron chi connectivity index (χ2n) is 9.25. The van der Waals surface area contributed by atoms with E-state index in [4.69, 9.17) is 27.9 Å². The number of nitrogens with zero attached hydrogens (tertiary/aromatic N) is 1. The van der Waals surface area contributed by atoms with Crippen molar-refractivity contribution in [1.82, 2.24) is 10.2 Å². The summed E-state index contributed by atoms with van der Waals surface area (Å²) in [7, 11) is 0.817. The normalized spacial score (nSPS) is 21.7. The molecule has 0 aromatic heterocycles. The molecule has 1 N–H and O–H groups in total. The maximum atomic E-state index is 14.5. The van der Waals surface area contributed by atoms with Crippen molar-refractivity contribution in [2.24, 2.45) is 5.41 Å². The van der Waals surface area contributed by atoms with Crippen molar-refractivity contribution in [1.29, 1.82) is 0 Å². The summed E-state index contributed by atoms with van der Waals surface area (Å²) < 4.78 is 62.0. The smallest absolute Gasteiger partial charge is 0.356 e. The summed E-state index contributed by atoms with van der Waals surface area (Å²) >= 11 is 12.0. The molecule has 4 rings (SSSR count). The van der Waals surface area contributed by atoms with Gasteiger partial charge in [-0.3, -0.25) is 9.59 Å². The number of likely N-dealkylation sites (tertiary alicyclic amines) is 1. The van der Waals surface area contributed by atoms with Gasteiger partial charge in [0.1, 0.15) is 5.82 Å². The molecule has 36 heavy (non-hydrogen) atoms. The second kappa shape index (κ2) is 9.84. The SMILES string of the molecule is COC(C(=O)N1CCC2(CC1)CC(=O)NCC2c1ccc(F)cc1)(c1ccc(Cl)cc1Cl)C(F)(F)F. The first-order chi connectivity index (χ1) is 16.9. The Labute approximate surface area is 215 Å². The highest BCUT2D eigenvalue weighted by atomic mass is 35.5. The van der Waals surface area contributed by atoms with Crippen LogP contribution in [0.15, 0.2) is 42.5 Å². The van der Waals surface area contributed by atoms with Gasteiger partial charge in [-0.1, -0.05) is 41.4 Å². The van der Waals surface area contributed by atoms with E-state index in [9.17, 15) is 27.2 Å². The monoisotopic (exact) mass is 546 g/mol. The quantitative estimate of drug-likeness (QED) is 0.519. The van der Waals surface area contributed by atoms with Crippen LogP contribution < -0.4 is 5.32 Å². The molecule has 2 fully saturated rings. The van der Waals surface area contributed by atoms with E-state index in [0.29, 0.717) is 19.4 Å². The number of hydrogen-bond donors (Lipinski definition) is 1. The van der Waals surface area contributed by atoms with Gasteiger partial charge in [0, 0.05) is 54.7 Å². The predicted octanol–water partition coefficient (Wildman–Crippen LogP) is 5.45. The van der Waals surface area contributed by atoms with Gasteiger partial charge in [-0.05, 0) is 48.1 Å². The van der Waals surface area contributed by atoms with Gasteiger partial charge >= 0.3 is 6.18 Å². The highest BCUT2D eigenvalue weighted by Gasteiger charge is 2.65. The van der Waals surface area contributed by atoms with Crippen molar-refractivity contribution >= 4 is 35.0 Å². The molecule has 2 aromatic rings. The van der Waals surface area contributed by atoms with Gasteiger partial charge < -0.3 is 15.0 Å². The molecule has 11 heteroatoms. The van der Waals surface area contributed by atoms with Crippen molar-refractivity contribution in [2.75, 3.05) is 26.7 Å². The number of piperidine rings is 2. The van der Waals surface area contributed by atoms with Crippen LogP contribution in [0.5, 0.6) is 0 Å². The van der Waals surface area contributed by atoms with E-state index in [1.54, 1.807) is 12.1 Å². The lowest BCUT2D eigenvalue weighted by Gasteiger charge is -2.50. The highest BCUT2D eigenvalue weighted by molar-refractivity contribution is 6.35. The van der Waals surface area contributed by atoms with E-state index in [1.807, 2.05) is 0 Å². The van der Waals surface area contributed by atoms with Crippen LogP contribution in [0.3, 0.4) is 0 Å². The molecular formula is C25H24Cl2F4N2O3. The summed E-state index contributed by atoms with van der Waals surface area (Å²) in [6.07, 6.45) is -4.37. The van der Waals surface area contributed by atoms with E-state index in [2.05, 4.69) is 5.32 Å². The zero-order valence-corrected chi connectivity index (χ0v) is 20.8. The number of nitrogens with one attached hydrogen (secondary N) is 1. The van der Waals surface area contributed by atoms with E-state index in [-0.39, 0.29) is 41.4 Å². The lowest BCUT2D eigenvalue weighted by Crippen LogP contribution is -2.60. The molecule has 5 nitrogen and oxygen atoms in total. The van der Waals surface area contributed by atoms with Crippen molar-refractivity contribution in [2.45, 2.75) is 37.0 Å². The molecule has 0 bridgehead atoms. The zero-order valence-electron chi connectivity index (χ0n) is 19.3. The van der Waals surface area contributed by atoms with Crippen molar-refractivity contribution in [3.8, 4) is 0 Å². The number of hydrogen-bond acceptors (Lipinski definition) is 3. The number of amides is 2. The number of rotatable bonds is 4. The summed E-state index contributed by atoms with van der Waals surface area (Å²) in [5.74, 6) is -2.01. The average molecular weight is 547 g/mol. The molecule has 2 unspecified atom stereocenters. The molecular weight excluding hydrogens is 523 g/mol. The summed E-state index contributed by atoms with van der Waals surface area (Å²) in [6, 6.07) is 9.37. The molecule has 1 spiro atoms. The fraction of sp³-hybridized carbons (Fsp3) is 0.440. The predicted molar refractivity (Wildman–Crippen MR) is 126 cm³/mol. The number of carbonyl (C=O) groups excluding carboxylic acids is 2. The molecule has 2 saturated heterocycles. The molecule has 2 aliphatic heterocycles. The summed E-state index contributed by atoms with van der Waals surface area (Å²) in [5.41, 5.74) is -3.62. The minimum Gasteiger partial charge on any atom is -0.356 e. The van der Waals surface area contributed by atoms with Crippen molar-refractivity contribution in [3.05, 3.63) is 69.5 Å². The molecule has 0 radical (unpaired) electrons. The molecule has 2 atom stereocenters. The van der Waals surface area contributed by atoms with Gasteiger partial charge in [-0.2, -0.15) is 13.2 Å². The van der Waals surface area contributed by atoms with E-state index >= 15 is 0 Å². The Hall–Kier alpha value is -2.36. The Kier molecular flexibility index (Phi) is 7.29. The van der Waals surface area contributed by atoms with Gasteiger partial charge in [0.2, 0.25) is 5.91 Å². The first-order valence-corrected chi connectivity index (χ1v) is 12.1. The molecule has 194 valence electrons. The van der Waals surface area contributed by atoms with E-state index in [0.717, 1.165) is 29.7 Å². The molecule has 2 amide bonds. The second-order valence-corrected chi connectivity index (χ2v) is 10.1. The third-order valence-corrected chi connectivity index (χ3v) is 7.94. The van der Waals surface area contributed by atoms with Gasteiger partial charge in [0.05, 0.1) is 0 Å². The van der Waals surface area contributed by atoms with Gasteiger partial charge in [0.15, 0.2) is 0 Å². The topological polar surface area (TPSA) is 58.6 Å². The first-order valence-electron chi connectivity index (χ1n) is 11.3. The minimum absolute atomic E-state index is 0.0177. The summed E-state index contributed by atoms with van der Waals surface area (Å²) in [6.45, 7) is 0.287. The Bertz CT molecular complexity index is 1150. The van der Waals surface area contributed by atoms with E-state index < -0.39 is 34.5 Å². The van der Waals surface area contributed by atoms with Crippen LogP contribution in [-0.2, 0) is 19.9 Å². The van der Waals surface area contributed by atoms with Crippen LogP contribution in [0.25, 0.3) is 0 Å². The molecule has 0 saturated carbocycles. The van der Waals surface area contributed by atoms with Crippen molar-refractivity contribution in [3.63, 3.8) is 0 Å². The number of alkyl halides is 3. The molecule has 2 aliphatic rings. The van der Waals surface area contributed by atoms with Crippen LogP contribution in [0.2, 0.25) is 10.0 Å². The Morgan fingerprint density at radius 2 is 1.75 bits per heavy atom. The molecule has 2 heterocycles. The highest BCUT2D eigenvalue weighted by Crippen LogP contribution is 2.51. The Morgan fingerprint density at radius 3 is 2.31 bits per heavy atom. The number of benzene rings is 2. The summed E-state index contributed by atoms with van der Waals surface area (Å²) in [4.78, 5) is 27.0. The lowest BCUT2D eigenvalue weighted by atomic mass is 9.62. The van der Waals surface area contributed by atoms with Crippen LogP contribution in [0, 0.1) is 11.2 Å². The van der Waals surface area contributed by atoms with Crippen LogP contribution >= 0.6 is 23.2 Å². The standard InChI is InChI=1S/C25H24Cl2F4N2O3/c1-36-24(25(29,30)31,18-7-4-16(26)12-20(18)27)22(35)33-10-8-23(9-11-33)13-21(34)32-14-19(23)15-2-5-17(28)6-3-15/h2-7,12,19H,8-11,13-14H2,1H3,(H,32,34). The number of methoxy groups -OCH3 is 1. The Balaban J connectivity index is 1.65. The Morgan fingerprint density at radius 1 is 1.11 bits per heavy atom. The van der Waals surface area contributed by atoms with Crippen LogP contribution in [0.1, 0.15) is 36.3 Å². The number of carbonyl (C=O) groups is 2. The maximum absolute atomic E-state index is 14.5.